The number of carbonyl (C=O) groups is 2. The number of allylic oxidation sites excluding steroid dienone is 1. The third kappa shape index (κ3) is 5.69. The summed E-state index contributed by atoms with van der Waals surface area (Å²) in [5, 5.41) is 11.9. The highest BCUT2D eigenvalue weighted by molar-refractivity contribution is 5.88. The topological polar surface area (TPSA) is 66.4 Å². The first kappa shape index (κ1) is 16.0. The SMILES string of the molecule is CC(C)=CC(=O)NCC(Cc1cccc(C)c1)C(=O)O. The molecule has 0 saturated heterocycles. The zero-order chi connectivity index (χ0) is 15.1. The molecule has 108 valence electrons. The van der Waals surface area contributed by atoms with E-state index in [1.165, 1.54) is 6.08 Å². The molecule has 1 atom stereocenters. The highest BCUT2D eigenvalue weighted by atomic mass is 16.4. The summed E-state index contributed by atoms with van der Waals surface area (Å²) in [6, 6.07) is 7.75. The molecule has 2 N–H and O–H groups in total. The van der Waals surface area contributed by atoms with Gasteiger partial charge in [-0.3, -0.25) is 9.59 Å². The second kappa shape index (κ2) is 7.48. The van der Waals surface area contributed by atoms with Gasteiger partial charge in [-0.1, -0.05) is 35.4 Å². The smallest absolute Gasteiger partial charge is 0.308 e. The van der Waals surface area contributed by atoms with Gasteiger partial charge in [-0.2, -0.15) is 0 Å². The Morgan fingerprint density at radius 3 is 2.60 bits per heavy atom. The molecule has 4 nitrogen and oxygen atoms in total. The molecular formula is C16H21NO3. The van der Waals surface area contributed by atoms with Crippen LogP contribution in [0.4, 0.5) is 0 Å². The van der Waals surface area contributed by atoms with Crippen molar-refractivity contribution in [2.24, 2.45) is 5.92 Å². The second-order valence-electron chi connectivity index (χ2n) is 5.20. The van der Waals surface area contributed by atoms with Crippen LogP contribution in [-0.2, 0) is 16.0 Å². The molecule has 1 aromatic carbocycles. The van der Waals surface area contributed by atoms with Gasteiger partial charge >= 0.3 is 5.97 Å². The number of benzene rings is 1. The van der Waals surface area contributed by atoms with Gasteiger partial charge in [0.05, 0.1) is 5.92 Å². The summed E-state index contributed by atoms with van der Waals surface area (Å²) in [5.74, 6) is -1.77. The number of hydrogen-bond donors (Lipinski definition) is 2. The normalized spacial score (nSPS) is 11.6. The molecule has 4 heteroatoms. The Morgan fingerprint density at radius 1 is 1.35 bits per heavy atom. The molecule has 0 radical (unpaired) electrons. The standard InChI is InChI=1S/C16H21NO3/c1-11(2)7-15(18)17-10-14(16(19)20)9-13-6-4-5-12(3)8-13/h4-8,14H,9-10H2,1-3H3,(H,17,18)(H,19,20). The lowest BCUT2D eigenvalue weighted by Gasteiger charge is -2.13. The third-order valence-corrected chi connectivity index (χ3v) is 2.86. The number of carbonyl (C=O) groups excluding carboxylic acids is 1. The van der Waals surface area contributed by atoms with E-state index < -0.39 is 11.9 Å². The highest BCUT2D eigenvalue weighted by Gasteiger charge is 2.18. The summed E-state index contributed by atoms with van der Waals surface area (Å²) in [6.45, 7) is 5.74. The molecule has 0 bridgehead atoms. The Morgan fingerprint density at radius 2 is 2.05 bits per heavy atom. The lowest BCUT2D eigenvalue weighted by molar-refractivity contribution is -0.141. The van der Waals surface area contributed by atoms with Crippen molar-refractivity contribution in [3.05, 3.63) is 47.0 Å². The van der Waals surface area contributed by atoms with E-state index in [1.807, 2.05) is 45.0 Å². The molecular weight excluding hydrogens is 254 g/mol. The van der Waals surface area contributed by atoms with Gasteiger partial charge in [0, 0.05) is 12.6 Å². The van der Waals surface area contributed by atoms with Crippen molar-refractivity contribution >= 4 is 11.9 Å². The van der Waals surface area contributed by atoms with Crippen LogP contribution in [0, 0.1) is 12.8 Å². The van der Waals surface area contributed by atoms with Gasteiger partial charge in [0.25, 0.3) is 0 Å². The van der Waals surface area contributed by atoms with Gasteiger partial charge < -0.3 is 10.4 Å². The quantitative estimate of drug-likeness (QED) is 0.783. The summed E-state index contributed by atoms with van der Waals surface area (Å²) in [7, 11) is 0. The maximum absolute atomic E-state index is 11.5. The van der Waals surface area contributed by atoms with Crippen LogP contribution < -0.4 is 5.32 Å². The van der Waals surface area contributed by atoms with Crippen molar-refractivity contribution in [1.82, 2.24) is 5.32 Å². The van der Waals surface area contributed by atoms with Crippen LogP contribution in [-0.4, -0.2) is 23.5 Å². The summed E-state index contributed by atoms with van der Waals surface area (Å²) < 4.78 is 0. The predicted octanol–water partition coefficient (Wildman–Crippen LogP) is 2.32. The Balaban J connectivity index is 2.64. The predicted molar refractivity (Wildman–Crippen MR) is 78.4 cm³/mol. The van der Waals surface area contributed by atoms with E-state index in [9.17, 15) is 14.7 Å². The minimum absolute atomic E-state index is 0.131. The van der Waals surface area contributed by atoms with Crippen molar-refractivity contribution in [2.45, 2.75) is 27.2 Å². The average Bonchev–Trinajstić information content (AvgIpc) is 2.33. The molecule has 0 aromatic heterocycles. The molecule has 0 saturated carbocycles. The van der Waals surface area contributed by atoms with Crippen molar-refractivity contribution in [3.63, 3.8) is 0 Å². The summed E-state index contributed by atoms with van der Waals surface area (Å²) >= 11 is 0. The molecule has 1 amide bonds. The minimum Gasteiger partial charge on any atom is -0.481 e. The van der Waals surface area contributed by atoms with E-state index in [0.717, 1.165) is 16.7 Å². The Bertz CT molecular complexity index is 516. The van der Waals surface area contributed by atoms with Crippen LogP contribution in [0.3, 0.4) is 0 Å². The first-order valence-corrected chi connectivity index (χ1v) is 6.59. The summed E-state index contributed by atoms with van der Waals surface area (Å²) in [5.41, 5.74) is 2.95. The van der Waals surface area contributed by atoms with E-state index in [2.05, 4.69) is 5.32 Å². The molecule has 0 aliphatic rings. The zero-order valence-corrected chi connectivity index (χ0v) is 12.1. The van der Waals surface area contributed by atoms with Crippen LogP contribution in [0.1, 0.15) is 25.0 Å². The van der Waals surface area contributed by atoms with Gasteiger partial charge in [0.2, 0.25) is 5.91 Å². The van der Waals surface area contributed by atoms with Crippen LogP contribution in [0.25, 0.3) is 0 Å². The lowest BCUT2D eigenvalue weighted by atomic mass is 9.98. The van der Waals surface area contributed by atoms with E-state index in [0.29, 0.717) is 6.42 Å². The summed E-state index contributed by atoms with van der Waals surface area (Å²) in [6.07, 6.45) is 1.87. The largest absolute Gasteiger partial charge is 0.481 e. The zero-order valence-electron chi connectivity index (χ0n) is 12.1. The van der Waals surface area contributed by atoms with E-state index in [-0.39, 0.29) is 12.5 Å². The number of carboxylic acids is 1. The number of rotatable bonds is 6. The first-order chi connectivity index (χ1) is 9.38. The number of nitrogens with one attached hydrogen (secondary N) is 1. The van der Waals surface area contributed by atoms with Crippen molar-refractivity contribution < 1.29 is 14.7 Å². The molecule has 1 aromatic rings. The third-order valence-electron chi connectivity index (χ3n) is 2.86. The summed E-state index contributed by atoms with van der Waals surface area (Å²) in [4.78, 5) is 22.8. The first-order valence-electron chi connectivity index (χ1n) is 6.59. The number of aliphatic carboxylic acids is 1. The molecule has 0 fully saturated rings. The van der Waals surface area contributed by atoms with E-state index >= 15 is 0 Å². The fraction of sp³-hybridized carbons (Fsp3) is 0.375. The van der Waals surface area contributed by atoms with E-state index in [1.54, 1.807) is 0 Å². The number of amides is 1. The lowest BCUT2D eigenvalue weighted by Crippen LogP contribution is -2.33. The Labute approximate surface area is 119 Å². The molecule has 1 unspecified atom stereocenters. The number of carboxylic acid groups (broad SMARTS) is 1. The minimum atomic E-state index is -0.899. The van der Waals surface area contributed by atoms with Crippen LogP contribution >= 0.6 is 0 Å². The maximum Gasteiger partial charge on any atom is 0.308 e. The molecule has 20 heavy (non-hydrogen) atoms. The van der Waals surface area contributed by atoms with Crippen LogP contribution in [0.2, 0.25) is 0 Å². The average molecular weight is 275 g/mol. The Kier molecular flexibility index (Phi) is 5.97. The number of aryl methyl sites for hydroxylation is 1. The molecule has 1 rings (SSSR count). The van der Waals surface area contributed by atoms with E-state index in [4.69, 9.17) is 0 Å². The fourth-order valence-corrected chi connectivity index (χ4v) is 1.91. The molecule has 0 heterocycles. The number of hydrogen-bond acceptors (Lipinski definition) is 2. The van der Waals surface area contributed by atoms with Crippen LogP contribution in [0.15, 0.2) is 35.9 Å². The van der Waals surface area contributed by atoms with Crippen molar-refractivity contribution in [1.29, 1.82) is 0 Å². The van der Waals surface area contributed by atoms with Gasteiger partial charge in [0.15, 0.2) is 0 Å². The van der Waals surface area contributed by atoms with Gasteiger partial charge in [-0.15, -0.1) is 0 Å². The molecule has 0 spiro atoms. The maximum atomic E-state index is 11.5. The van der Waals surface area contributed by atoms with Gasteiger partial charge in [0.1, 0.15) is 0 Å². The van der Waals surface area contributed by atoms with Gasteiger partial charge in [-0.05, 0) is 32.8 Å². The van der Waals surface area contributed by atoms with Crippen molar-refractivity contribution in [2.75, 3.05) is 6.54 Å². The molecule has 0 aliphatic carbocycles. The van der Waals surface area contributed by atoms with Crippen LogP contribution in [0.5, 0.6) is 0 Å². The Hall–Kier alpha value is -2.10. The molecule has 0 aliphatic heterocycles. The highest BCUT2D eigenvalue weighted by Crippen LogP contribution is 2.11. The van der Waals surface area contributed by atoms with Crippen molar-refractivity contribution in [3.8, 4) is 0 Å². The monoisotopic (exact) mass is 275 g/mol. The second-order valence-corrected chi connectivity index (χ2v) is 5.20. The fourth-order valence-electron chi connectivity index (χ4n) is 1.91. The van der Waals surface area contributed by atoms with Gasteiger partial charge in [-0.25, -0.2) is 0 Å².